The van der Waals surface area contributed by atoms with Crippen molar-refractivity contribution in [2.24, 2.45) is 0 Å². The molecule has 84 valence electrons. The van der Waals surface area contributed by atoms with E-state index in [9.17, 15) is 9.59 Å². The number of rotatable bonds is 3. The molecule has 1 fully saturated rings. The molecular formula is C11H11NO4. The molecule has 0 aliphatic carbocycles. The van der Waals surface area contributed by atoms with E-state index in [1.54, 1.807) is 12.1 Å². The number of ether oxygens (including phenoxy) is 2. The van der Waals surface area contributed by atoms with Crippen LogP contribution in [0.4, 0.5) is 4.79 Å². The average Bonchev–Trinajstić information content (AvgIpc) is 2.74. The lowest BCUT2D eigenvalue weighted by molar-refractivity contribution is -0.129. The Morgan fingerprint density at radius 1 is 1.38 bits per heavy atom. The van der Waals surface area contributed by atoms with E-state index in [0.717, 1.165) is 4.90 Å². The Morgan fingerprint density at radius 2 is 2.12 bits per heavy atom. The lowest BCUT2D eigenvalue weighted by atomic mass is 10.3. The number of carbonyl (C=O) groups is 2. The molecule has 2 amide bonds. The number of nitrogens with zero attached hydrogens (tertiary/aromatic N) is 1. The van der Waals surface area contributed by atoms with Gasteiger partial charge < -0.3 is 9.47 Å². The van der Waals surface area contributed by atoms with Crippen molar-refractivity contribution in [2.45, 2.75) is 0 Å². The van der Waals surface area contributed by atoms with Gasteiger partial charge in [0.2, 0.25) is 0 Å². The summed E-state index contributed by atoms with van der Waals surface area (Å²) in [4.78, 5) is 23.6. The van der Waals surface area contributed by atoms with E-state index in [4.69, 9.17) is 4.74 Å². The van der Waals surface area contributed by atoms with E-state index in [-0.39, 0.29) is 19.1 Å². The lowest BCUT2D eigenvalue weighted by Crippen LogP contribution is -2.35. The second kappa shape index (κ2) is 4.65. The number of hydrogen-bond donors (Lipinski definition) is 0. The van der Waals surface area contributed by atoms with Crippen molar-refractivity contribution in [1.82, 2.24) is 4.90 Å². The third-order valence-electron chi connectivity index (χ3n) is 2.17. The number of cyclic esters (lactones) is 1. The van der Waals surface area contributed by atoms with Crippen LogP contribution in [0.2, 0.25) is 0 Å². The molecule has 2 rings (SSSR count). The molecule has 1 aromatic rings. The molecule has 1 heterocycles. The first-order valence-electron chi connectivity index (χ1n) is 4.92. The van der Waals surface area contributed by atoms with Gasteiger partial charge in [0.05, 0.1) is 6.54 Å². The van der Waals surface area contributed by atoms with Crippen molar-refractivity contribution >= 4 is 12.0 Å². The summed E-state index contributed by atoms with van der Waals surface area (Å²) in [7, 11) is 0. The van der Waals surface area contributed by atoms with E-state index < -0.39 is 6.09 Å². The van der Waals surface area contributed by atoms with Crippen LogP contribution < -0.4 is 4.74 Å². The minimum atomic E-state index is -0.596. The minimum Gasteiger partial charge on any atom is -0.484 e. The molecule has 1 aliphatic heterocycles. The molecule has 0 radical (unpaired) electrons. The van der Waals surface area contributed by atoms with Crippen molar-refractivity contribution in [3.05, 3.63) is 30.3 Å². The Bertz CT molecular complexity index is 390. The SMILES string of the molecule is O=C(COc1ccccc1)N1CCOC1=O. The van der Waals surface area contributed by atoms with Crippen molar-refractivity contribution in [2.75, 3.05) is 19.8 Å². The van der Waals surface area contributed by atoms with Gasteiger partial charge in [0, 0.05) is 0 Å². The number of hydrogen-bond acceptors (Lipinski definition) is 4. The molecule has 0 bridgehead atoms. The number of imide groups is 1. The van der Waals surface area contributed by atoms with Crippen LogP contribution in [0.1, 0.15) is 0 Å². The van der Waals surface area contributed by atoms with Gasteiger partial charge in [-0.15, -0.1) is 0 Å². The van der Waals surface area contributed by atoms with Crippen LogP contribution in [-0.4, -0.2) is 36.7 Å². The molecule has 5 heteroatoms. The van der Waals surface area contributed by atoms with Crippen molar-refractivity contribution < 1.29 is 19.1 Å². The van der Waals surface area contributed by atoms with Gasteiger partial charge in [-0.3, -0.25) is 4.79 Å². The second-order valence-electron chi connectivity index (χ2n) is 3.26. The standard InChI is InChI=1S/C11H11NO4/c13-10(12-6-7-15-11(12)14)8-16-9-4-2-1-3-5-9/h1-5H,6-8H2. The first-order valence-corrected chi connectivity index (χ1v) is 4.92. The van der Waals surface area contributed by atoms with Gasteiger partial charge in [-0.2, -0.15) is 0 Å². The number of benzene rings is 1. The zero-order chi connectivity index (χ0) is 11.4. The fraction of sp³-hybridized carbons (Fsp3) is 0.273. The molecular weight excluding hydrogens is 210 g/mol. The van der Waals surface area contributed by atoms with E-state index in [1.165, 1.54) is 0 Å². The number of para-hydroxylation sites is 1. The fourth-order valence-corrected chi connectivity index (χ4v) is 1.36. The molecule has 1 saturated heterocycles. The highest BCUT2D eigenvalue weighted by atomic mass is 16.6. The van der Waals surface area contributed by atoms with E-state index in [1.807, 2.05) is 18.2 Å². The summed E-state index contributed by atoms with van der Waals surface area (Å²) >= 11 is 0. The summed E-state index contributed by atoms with van der Waals surface area (Å²) in [5.74, 6) is 0.217. The largest absolute Gasteiger partial charge is 0.484 e. The van der Waals surface area contributed by atoms with Gasteiger partial charge in [-0.1, -0.05) is 18.2 Å². The molecule has 5 nitrogen and oxygen atoms in total. The smallest absolute Gasteiger partial charge is 0.416 e. The maximum absolute atomic E-state index is 11.5. The van der Waals surface area contributed by atoms with Gasteiger partial charge in [0.15, 0.2) is 6.61 Å². The Balaban J connectivity index is 1.86. The van der Waals surface area contributed by atoms with Gasteiger partial charge >= 0.3 is 6.09 Å². The first-order chi connectivity index (χ1) is 7.77. The molecule has 0 saturated carbocycles. The predicted molar refractivity (Wildman–Crippen MR) is 55.0 cm³/mol. The molecule has 1 aliphatic rings. The lowest BCUT2D eigenvalue weighted by Gasteiger charge is -2.11. The van der Waals surface area contributed by atoms with Crippen molar-refractivity contribution in [1.29, 1.82) is 0 Å². The van der Waals surface area contributed by atoms with Crippen LogP contribution in [0.25, 0.3) is 0 Å². The Morgan fingerprint density at radius 3 is 2.75 bits per heavy atom. The molecule has 16 heavy (non-hydrogen) atoms. The van der Waals surface area contributed by atoms with Gasteiger partial charge in [-0.05, 0) is 12.1 Å². The molecule has 0 atom stereocenters. The highest BCUT2D eigenvalue weighted by Crippen LogP contribution is 2.09. The van der Waals surface area contributed by atoms with Crippen molar-refractivity contribution in [3.8, 4) is 5.75 Å². The zero-order valence-corrected chi connectivity index (χ0v) is 8.59. The van der Waals surface area contributed by atoms with Crippen LogP contribution >= 0.6 is 0 Å². The van der Waals surface area contributed by atoms with E-state index in [0.29, 0.717) is 12.3 Å². The number of amides is 2. The third kappa shape index (κ3) is 2.31. The molecule has 0 unspecified atom stereocenters. The normalized spacial score (nSPS) is 14.8. The highest BCUT2D eigenvalue weighted by Gasteiger charge is 2.28. The Hall–Kier alpha value is -2.04. The second-order valence-corrected chi connectivity index (χ2v) is 3.26. The summed E-state index contributed by atoms with van der Waals surface area (Å²) in [6.07, 6.45) is -0.596. The van der Waals surface area contributed by atoms with E-state index in [2.05, 4.69) is 4.74 Å². The van der Waals surface area contributed by atoms with Crippen LogP contribution in [0, 0.1) is 0 Å². The first kappa shape index (κ1) is 10.5. The summed E-state index contributed by atoms with van der Waals surface area (Å²) in [5, 5.41) is 0. The van der Waals surface area contributed by atoms with Crippen LogP contribution in [-0.2, 0) is 9.53 Å². The topological polar surface area (TPSA) is 55.8 Å². The summed E-state index contributed by atoms with van der Waals surface area (Å²) < 4.78 is 9.88. The van der Waals surface area contributed by atoms with Gasteiger partial charge in [0.25, 0.3) is 5.91 Å². The Kier molecular flexibility index (Phi) is 3.05. The highest BCUT2D eigenvalue weighted by molar-refractivity contribution is 5.93. The third-order valence-corrected chi connectivity index (χ3v) is 2.17. The quantitative estimate of drug-likeness (QED) is 0.765. The summed E-state index contributed by atoms with van der Waals surface area (Å²) in [6.45, 7) is 0.408. The summed E-state index contributed by atoms with van der Waals surface area (Å²) in [5.41, 5.74) is 0. The molecule has 0 spiro atoms. The zero-order valence-electron chi connectivity index (χ0n) is 8.59. The van der Waals surface area contributed by atoms with Gasteiger partial charge in [-0.25, -0.2) is 9.69 Å². The maximum Gasteiger partial charge on any atom is 0.416 e. The Labute approximate surface area is 92.6 Å². The monoisotopic (exact) mass is 221 g/mol. The molecule has 0 aromatic heterocycles. The molecule has 1 aromatic carbocycles. The summed E-state index contributed by atoms with van der Waals surface area (Å²) in [6, 6.07) is 8.96. The predicted octanol–water partition coefficient (Wildman–Crippen LogP) is 1.04. The van der Waals surface area contributed by atoms with Crippen LogP contribution in [0.5, 0.6) is 5.75 Å². The maximum atomic E-state index is 11.5. The van der Waals surface area contributed by atoms with Crippen molar-refractivity contribution in [3.63, 3.8) is 0 Å². The number of carbonyl (C=O) groups excluding carboxylic acids is 2. The van der Waals surface area contributed by atoms with Crippen LogP contribution in [0.15, 0.2) is 30.3 Å². The molecule has 0 N–H and O–H groups in total. The fourth-order valence-electron chi connectivity index (χ4n) is 1.36. The van der Waals surface area contributed by atoms with Crippen LogP contribution in [0.3, 0.4) is 0 Å². The minimum absolute atomic E-state index is 0.154. The van der Waals surface area contributed by atoms with E-state index >= 15 is 0 Å². The van der Waals surface area contributed by atoms with Gasteiger partial charge in [0.1, 0.15) is 12.4 Å². The average molecular weight is 221 g/mol.